The summed E-state index contributed by atoms with van der Waals surface area (Å²) in [4.78, 5) is 8.62. The fourth-order valence-electron chi connectivity index (χ4n) is 1.78. The Labute approximate surface area is 94.1 Å². The zero-order valence-electron chi connectivity index (χ0n) is 8.78. The van der Waals surface area contributed by atoms with E-state index in [2.05, 4.69) is 21.5 Å². The standard InChI is InChI=1S/C11H14ClN3/c1-2-7-15-10-4-6-13-8-9(10)14-11(15)3-5-12/h4,6,8H,2-3,5,7H2,1H3. The van der Waals surface area contributed by atoms with Crippen molar-refractivity contribution in [3.63, 3.8) is 0 Å². The van der Waals surface area contributed by atoms with Gasteiger partial charge < -0.3 is 4.57 Å². The Bertz CT molecular complexity index is 450. The Morgan fingerprint density at radius 1 is 1.47 bits per heavy atom. The van der Waals surface area contributed by atoms with Crippen LogP contribution in [0.4, 0.5) is 0 Å². The van der Waals surface area contributed by atoms with E-state index >= 15 is 0 Å². The number of rotatable bonds is 4. The van der Waals surface area contributed by atoms with E-state index in [1.807, 2.05) is 6.07 Å². The summed E-state index contributed by atoms with van der Waals surface area (Å²) in [6.45, 7) is 3.16. The maximum absolute atomic E-state index is 5.77. The second-order valence-corrected chi connectivity index (χ2v) is 3.86. The molecule has 0 N–H and O–H groups in total. The van der Waals surface area contributed by atoms with Crippen molar-refractivity contribution in [1.29, 1.82) is 0 Å². The molecule has 2 aromatic heterocycles. The van der Waals surface area contributed by atoms with Gasteiger partial charge in [-0.3, -0.25) is 4.98 Å². The number of alkyl halides is 1. The monoisotopic (exact) mass is 223 g/mol. The molecule has 15 heavy (non-hydrogen) atoms. The zero-order chi connectivity index (χ0) is 10.7. The largest absolute Gasteiger partial charge is 0.328 e. The van der Waals surface area contributed by atoms with Crippen LogP contribution >= 0.6 is 11.6 Å². The molecule has 0 aromatic carbocycles. The predicted molar refractivity (Wildman–Crippen MR) is 62.2 cm³/mol. The number of hydrogen-bond donors (Lipinski definition) is 0. The van der Waals surface area contributed by atoms with Crippen LogP contribution in [-0.4, -0.2) is 20.4 Å². The molecule has 0 saturated heterocycles. The molecule has 4 heteroatoms. The van der Waals surface area contributed by atoms with Crippen molar-refractivity contribution >= 4 is 22.6 Å². The fraction of sp³-hybridized carbons (Fsp3) is 0.455. The highest BCUT2D eigenvalue weighted by atomic mass is 35.5. The molecule has 0 aliphatic heterocycles. The van der Waals surface area contributed by atoms with E-state index in [0.717, 1.165) is 36.2 Å². The smallest absolute Gasteiger partial charge is 0.111 e. The van der Waals surface area contributed by atoms with Gasteiger partial charge in [-0.15, -0.1) is 11.6 Å². The molecule has 0 saturated carbocycles. The van der Waals surface area contributed by atoms with E-state index in [1.165, 1.54) is 0 Å². The molecule has 0 atom stereocenters. The minimum absolute atomic E-state index is 0.612. The van der Waals surface area contributed by atoms with Gasteiger partial charge in [0.25, 0.3) is 0 Å². The van der Waals surface area contributed by atoms with Crippen molar-refractivity contribution < 1.29 is 0 Å². The number of halogens is 1. The Hall–Kier alpha value is -1.09. The molecule has 2 rings (SSSR count). The molecule has 80 valence electrons. The number of hydrogen-bond acceptors (Lipinski definition) is 2. The highest BCUT2D eigenvalue weighted by Crippen LogP contribution is 2.16. The summed E-state index contributed by atoms with van der Waals surface area (Å²) < 4.78 is 2.24. The normalized spacial score (nSPS) is 11.1. The van der Waals surface area contributed by atoms with Crippen LogP contribution in [0.2, 0.25) is 0 Å². The van der Waals surface area contributed by atoms with Crippen molar-refractivity contribution in [2.75, 3.05) is 5.88 Å². The van der Waals surface area contributed by atoms with Crippen molar-refractivity contribution in [2.45, 2.75) is 26.3 Å². The van der Waals surface area contributed by atoms with Crippen molar-refractivity contribution in [3.8, 4) is 0 Å². The summed E-state index contributed by atoms with van der Waals surface area (Å²) in [6.07, 6.45) is 5.53. The van der Waals surface area contributed by atoms with E-state index in [-0.39, 0.29) is 0 Å². The van der Waals surface area contributed by atoms with Gasteiger partial charge in [0.15, 0.2) is 0 Å². The molecule has 0 amide bonds. The number of imidazole rings is 1. The lowest BCUT2D eigenvalue weighted by Gasteiger charge is -2.05. The lowest BCUT2D eigenvalue weighted by Crippen LogP contribution is -2.03. The van der Waals surface area contributed by atoms with Gasteiger partial charge in [-0.05, 0) is 12.5 Å². The molecule has 0 fully saturated rings. The number of aryl methyl sites for hydroxylation is 2. The third-order valence-corrected chi connectivity index (χ3v) is 2.58. The second-order valence-electron chi connectivity index (χ2n) is 3.48. The predicted octanol–water partition coefficient (Wildman–Crippen LogP) is 2.62. The topological polar surface area (TPSA) is 30.7 Å². The first-order chi connectivity index (χ1) is 7.36. The minimum Gasteiger partial charge on any atom is -0.328 e. The Morgan fingerprint density at radius 2 is 2.33 bits per heavy atom. The summed E-state index contributed by atoms with van der Waals surface area (Å²) in [5.74, 6) is 1.68. The molecular weight excluding hydrogens is 210 g/mol. The maximum atomic E-state index is 5.77. The molecule has 0 aliphatic carbocycles. The molecule has 0 spiro atoms. The number of nitrogens with zero attached hydrogens (tertiary/aromatic N) is 3. The van der Waals surface area contributed by atoms with Gasteiger partial charge in [-0.25, -0.2) is 4.98 Å². The Morgan fingerprint density at radius 3 is 3.07 bits per heavy atom. The third kappa shape index (κ3) is 1.97. The fourth-order valence-corrected chi connectivity index (χ4v) is 1.95. The first kappa shape index (κ1) is 10.4. The molecule has 2 aromatic rings. The van der Waals surface area contributed by atoms with E-state index in [0.29, 0.717) is 5.88 Å². The van der Waals surface area contributed by atoms with E-state index in [4.69, 9.17) is 11.6 Å². The van der Waals surface area contributed by atoms with E-state index in [1.54, 1.807) is 12.4 Å². The zero-order valence-corrected chi connectivity index (χ0v) is 9.54. The summed E-state index contributed by atoms with van der Waals surface area (Å²) in [7, 11) is 0. The van der Waals surface area contributed by atoms with Crippen LogP contribution in [0.25, 0.3) is 11.0 Å². The average Bonchev–Trinajstić information content (AvgIpc) is 2.59. The van der Waals surface area contributed by atoms with Crippen LogP contribution in [0.5, 0.6) is 0 Å². The highest BCUT2D eigenvalue weighted by molar-refractivity contribution is 6.17. The van der Waals surface area contributed by atoms with Gasteiger partial charge in [-0.2, -0.15) is 0 Å². The molecule has 0 aliphatic rings. The molecule has 0 unspecified atom stereocenters. The Balaban J connectivity index is 2.53. The average molecular weight is 224 g/mol. The van der Waals surface area contributed by atoms with Gasteiger partial charge in [-0.1, -0.05) is 6.92 Å². The van der Waals surface area contributed by atoms with E-state index in [9.17, 15) is 0 Å². The lowest BCUT2D eigenvalue weighted by molar-refractivity contribution is 0.660. The lowest BCUT2D eigenvalue weighted by atomic mass is 10.3. The van der Waals surface area contributed by atoms with Crippen LogP contribution in [0.3, 0.4) is 0 Å². The van der Waals surface area contributed by atoms with Crippen molar-refractivity contribution in [3.05, 3.63) is 24.3 Å². The van der Waals surface area contributed by atoms with Crippen molar-refractivity contribution in [2.24, 2.45) is 0 Å². The first-order valence-electron chi connectivity index (χ1n) is 5.22. The van der Waals surface area contributed by atoms with Crippen molar-refractivity contribution in [1.82, 2.24) is 14.5 Å². The molecule has 0 bridgehead atoms. The number of fused-ring (bicyclic) bond motifs is 1. The number of pyridine rings is 1. The summed E-state index contributed by atoms with van der Waals surface area (Å²) >= 11 is 5.77. The van der Waals surface area contributed by atoms with Crippen LogP contribution in [0, 0.1) is 0 Å². The van der Waals surface area contributed by atoms with Crippen LogP contribution in [-0.2, 0) is 13.0 Å². The van der Waals surface area contributed by atoms with Gasteiger partial charge in [0.2, 0.25) is 0 Å². The van der Waals surface area contributed by atoms with Crippen LogP contribution in [0.1, 0.15) is 19.2 Å². The van der Waals surface area contributed by atoms with Gasteiger partial charge >= 0.3 is 0 Å². The van der Waals surface area contributed by atoms with Gasteiger partial charge in [0, 0.05) is 25.0 Å². The van der Waals surface area contributed by atoms with Gasteiger partial charge in [0.05, 0.1) is 11.7 Å². The summed E-state index contributed by atoms with van der Waals surface area (Å²) in [6, 6.07) is 2.01. The molecular formula is C11H14ClN3. The second kappa shape index (κ2) is 4.62. The van der Waals surface area contributed by atoms with E-state index < -0.39 is 0 Å². The van der Waals surface area contributed by atoms with Crippen LogP contribution < -0.4 is 0 Å². The number of aromatic nitrogens is 3. The quantitative estimate of drug-likeness (QED) is 0.746. The molecule has 0 radical (unpaired) electrons. The summed E-state index contributed by atoms with van der Waals surface area (Å²) in [5.41, 5.74) is 2.12. The Kier molecular flexibility index (Phi) is 3.21. The SMILES string of the molecule is CCCn1c(CCCl)nc2cnccc21. The maximum Gasteiger partial charge on any atom is 0.111 e. The summed E-state index contributed by atoms with van der Waals surface area (Å²) in [5, 5.41) is 0. The minimum atomic E-state index is 0.612. The van der Waals surface area contributed by atoms with Crippen LogP contribution in [0.15, 0.2) is 18.5 Å². The molecule has 3 nitrogen and oxygen atoms in total. The highest BCUT2D eigenvalue weighted by Gasteiger charge is 2.08. The molecule has 2 heterocycles. The third-order valence-electron chi connectivity index (χ3n) is 2.39. The first-order valence-corrected chi connectivity index (χ1v) is 5.75. The van der Waals surface area contributed by atoms with Gasteiger partial charge in [0.1, 0.15) is 11.3 Å².